The summed E-state index contributed by atoms with van der Waals surface area (Å²) in [6.07, 6.45) is 0. The Hall–Kier alpha value is -2.20. The maximum atomic E-state index is 9.67. The van der Waals surface area contributed by atoms with E-state index in [0.29, 0.717) is 0 Å². The minimum absolute atomic E-state index is 0.0460. The summed E-state index contributed by atoms with van der Waals surface area (Å²) in [7, 11) is -0.0460. The first kappa shape index (κ1) is 20.1. The van der Waals surface area contributed by atoms with E-state index in [1.165, 1.54) is 31.4 Å². The molecule has 4 heteroatoms. The molecule has 3 aromatic carbocycles. The van der Waals surface area contributed by atoms with Crippen LogP contribution >= 0.6 is 0 Å². The monoisotopic (exact) mass is 375 g/mol. The predicted octanol–water partition coefficient (Wildman–Crippen LogP) is 6.89. The van der Waals surface area contributed by atoms with Gasteiger partial charge in [0.25, 0.3) is 0 Å². The zero-order valence-corrected chi connectivity index (χ0v) is 15.9. The maximum Gasteiger partial charge on any atom is 0.379 e. The van der Waals surface area contributed by atoms with Crippen LogP contribution in [0.1, 0.15) is 16.7 Å². The average Bonchev–Trinajstić information content (AvgIpc) is 2.59. The van der Waals surface area contributed by atoms with Crippen molar-refractivity contribution in [1.82, 2.24) is 0 Å². The zero-order valence-electron chi connectivity index (χ0n) is 15.0. The van der Waals surface area contributed by atoms with Gasteiger partial charge in [-0.1, -0.05) is 54.1 Å². The van der Waals surface area contributed by atoms with Gasteiger partial charge >= 0.3 is 6.68 Å². The van der Waals surface area contributed by atoms with Crippen LogP contribution in [0, 0.1) is 20.8 Å². The molecular formula is C22H22F3S+. The lowest BCUT2D eigenvalue weighted by Crippen LogP contribution is -2.08. The van der Waals surface area contributed by atoms with E-state index in [2.05, 4.69) is 93.6 Å². The molecule has 0 fully saturated rings. The number of benzene rings is 3. The first-order chi connectivity index (χ1) is 12.4. The summed E-state index contributed by atoms with van der Waals surface area (Å²) in [6, 6.07) is 26.3. The van der Waals surface area contributed by atoms with Gasteiger partial charge in [0.05, 0.1) is 10.9 Å². The van der Waals surface area contributed by atoms with Crippen LogP contribution in [0.4, 0.5) is 13.2 Å². The number of halogens is 3. The quantitative estimate of drug-likeness (QED) is 0.437. The molecular weight excluding hydrogens is 353 g/mol. The fraction of sp³-hybridized carbons (Fsp3) is 0.182. The van der Waals surface area contributed by atoms with Crippen molar-refractivity contribution in [3.8, 4) is 0 Å². The lowest BCUT2D eigenvalue weighted by molar-refractivity contribution is 0.00819. The van der Waals surface area contributed by atoms with Crippen LogP contribution in [0.15, 0.2) is 87.5 Å². The SMILES string of the molecule is Cc1cc(C)c([S+](c2ccccc2)c2ccccc2)c(C)c1.FC(F)F. The molecule has 0 unspecified atom stereocenters. The van der Waals surface area contributed by atoms with Gasteiger partial charge < -0.3 is 0 Å². The molecule has 3 aromatic rings. The van der Waals surface area contributed by atoms with Crippen molar-refractivity contribution in [2.75, 3.05) is 0 Å². The van der Waals surface area contributed by atoms with Crippen LogP contribution in [-0.4, -0.2) is 6.68 Å². The van der Waals surface area contributed by atoms with Crippen LogP contribution < -0.4 is 0 Å². The van der Waals surface area contributed by atoms with Gasteiger partial charge in [-0.25, -0.2) is 0 Å². The highest BCUT2D eigenvalue weighted by molar-refractivity contribution is 7.97. The van der Waals surface area contributed by atoms with Crippen molar-refractivity contribution >= 4 is 10.9 Å². The van der Waals surface area contributed by atoms with Crippen molar-refractivity contribution < 1.29 is 13.2 Å². The van der Waals surface area contributed by atoms with E-state index in [1.807, 2.05) is 0 Å². The van der Waals surface area contributed by atoms with E-state index in [1.54, 1.807) is 0 Å². The van der Waals surface area contributed by atoms with E-state index < -0.39 is 6.68 Å². The minimum atomic E-state index is -3.67. The summed E-state index contributed by atoms with van der Waals surface area (Å²) in [5, 5.41) is 0. The van der Waals surface area contributed by atoms with Gasteiger partial charge in [0.2, 0.25) is 0 Å². The largest absolute Gasteiger partial charge is 0.379 e. The van der Waals surface area contributed by atoms with E-state index in [0.717, 1.165) is 0 Å². The molecule has 136 valence electrons. The third-order valence-corrected chi connectivity index (χ3v) is 6.31. The van der Waals surface area contributed by atoms with Gasteiger partial charge in [0.15, 0.2) is 14.7 Å². The first-order valence-corrected chi connectivity index (χ1v) is 9.47. The van der Waals surface area contributed by atoms with Crippen molar-refractivity contribution in [2.24, 2.45) is 0 Å². The van der Waals surface area contributed by atoms with Crippen LogP contribution in [0.25, 0.3) is 0 Å². The number of alkyl halides is 3. The van der Waals surface area contributed by atoms with E-state index in [9.17, 15) is 13.2 Å². The second-order valence-electron chi connectivity index (χ2n) is 5.91. The first-order valence-electron chi connectivity index (χ1n) is 8.24. The predicted molar refractivity (Wildman–Crippen MR) is 103 cm³/mol. The number of aryl methyl sites for hydroxylation is 3. The van der Waals surface area contributed by atoms with Gasteiger partial charge in [-0.2, -0.15) is 13.2 Å². The Balaban J connectivity index is 0.000000552. The van der Waals surface area contributed by atoms with Crippen LogP contribution in [0.5, 0.6) is 0 Å². The van der Waals surface area contributed by atoms with E-state index in [-0.39, 0.29) is 10.9 Å². The van der Waals surface area contributed by atoms with Crippen molar-refractivity contribution in [2.45, 2.75) is 42.1 Å². The summed E-state index contributed by atoms with van der Waals surface area (Å²) in [6.45, 7) is 2.98. The Morgan fingerprint density at radius 1 is 0.654 bits per heavy atom. The molecule has 0 N–H and O–H groups in total. The highest BCUT2D eigenvalue weighted by Crippen LogP contribution is 2.35. The number of rotatable bonds is 3. The van der Waals surface area contributed by atoms with Crippen molar-refractivity contribution in [3.63, 3.8) is 0 Å². The second-order valence-corrected chi connectivity index (χ2v) is 7.87. The Labute approximate surface area is 156 Å². The van der Waals surface area contributed by atoms with Crippen LogP contribution in [0.2, 0.25) is 0 Å². The highest BCUT2D eigenvalue weighted by atomic mass is 32.2. The normalized spacial score (nSPS) is 10.6. The van der Waals surface area contributed by atoms with Gasteiger partial charge in [0.1, 0.15) is 0 Å². The summed E-state index contributed by atoms with van der Waals surface area (Å²) in [5.41, 5.74) is 4.10. The molecule has 3 rings (SSSR count). The molecule has 0 bridgehead atoms. The molecule has 0 aliphatic carbocycles. The third-order valence-electron chi connectivity index (χ3n) is 3.77. The molecule has 0 heterocycles. The Kier molecular flexibility index (Phi) is 7.34. The maximum absolute atomic E-state index is 9.67. The molecule has 0 radical (unpaired) electrons. The molecule has 0 amide bonds. The Morgan fingerprint density at radius 3 is 1.35 bits per heavy atom. The molecule has 26 heavy (non-hydrogen) atoms. The van der Waals surface area contributed by atoms with Gasteiger partial charge in [-0.15, -0.1) is 0 Å². The molecule has 0 aliphatic rings. The lowest BCUT2D eigenvalue weighted by atomic mass is 10.1. The molecule has 0 aliphatic heterocycles. The smallest absolute Gasteiger partial charge is 0.174 e. The fourth-order valence-electron chi connectivity index (χ4n) is 2.97. The molecule has 0 saturated heterocycles. The average molecular weight is 375 g/mol. The standard InChI is InChI=1S/C21H21S.CHF3/c1-16-14-17(2)21(18(3)15-16)22(19-10-6-4-7-11-19)20-12-8-5-9-13-20;2-1(3)4/h4-15H,1-3H3;1H/q+1;. The number of hydrogen-bond donors (Lipinski definition) is 0. The summed E-state index contributed by atoms with van der Waals surface area (Å²) >= 11 is 0. The molecule has 0 spiro atoms. The van der Waals surface area contributed by atoms with Crippen LogP contribution in [0.3, 0.4) is 0 Å². The topological polar surface area (TPSA) is 0 Å². The lowest BCUT2D eigenvalue weighted by Gasteiger charge is -2.13. The fourth-order valence-corrected chi connectivity index (χ4v) is 5.34. The molecule has 0 saturated carbocycles. The summed E-state index contributed by atoms with van der Waals surface area (Å²) in [5.74, 6) is 0. The molecule has 0 nitrogen and oxygen atoms in total. The van der Waals surface area contributed by atoms with Gasteiger partial charge in [0, 0.05) is 11.1 Å². The van der Waals surface area contributed by atoms with Crippen molar-refractivity contribution in [1.29, 1.82) is 0 Å². The molecule has 0 aromatic heterocycles. The van der Waals surface area contributed by atoms with Gasteiger partial charge in [-0.3, -0.25) is 0 Å². The Morgan fingerprint density at radius 2 is 1.00 bits per heavy atom. The third kappa shape index (κ3) is 5.40. The van der Waals surface area contributed by atoms with E-state index >= 15 is 0 Å². The van der Waals surface area contributed by atoms with Gasteiger partial charge in [-0.05, 0) is 45.0 Å². The Bertz CT molecular complexity index is 752. The van der Waals surface area contributed by atoms with Crippen LogP contribution in [-0.2, 0) is 10.9 Å². The number of hydrogen-bond acceptors (Lipinski definition) is 0. The van der Waals surface area contributed by atoms with E-state index in [4.69, 9.17) is 0 Å². The summed E-state index contributed by atoms with van der Waals surface area (Å²) < 4.78 is 29.0. The minimum Gasteiger partial charge on any atom is -0.174 e. The highest BCUT2D eigenvalue weighted by Gasteiger charge is 2.31. The van der Waals surface area contributed by atoms with Crippen molar-refractivity contribution in [3.05, 3.63) is 89.5 Å². The summed E-state index contributed by atoms with van der Waals surface area (Å²) in [4.78, 5) is 4.22. The zero-order chi connectivity index (χ0) is 19.1. The second kappa shape index (κ2) is 9.48. The molecule has 0 atom stereocenters.